The molecule has 1 saturated carbocycles. The summed E-state index contributed by atoms with van der Waals surface area (Å²) in [5, 5.41) is 2.99. The predicted octanol–water partition coefficient (Wildman–Crippen LogP) is 3.12. The first-order chi connectivity index (χ1) is 11.9. The minimum atomic E-state index is -0.111. The van der Waals surface area contributed by atoms with Crippen molar-refractivity contribution in [3.8, 4) is 5.75 Å². The van der Waals surface area contributed by atoms with Gasteiger partial charge < -0.3 is 19.7 Å². The van der Waals surface area contributed by atoms with Crippen molar-refractivity contribution in [3.63, 3.8) is 0 Å². The molecule has 1 aromatic carbocycles. The van der Waals surface area contributed by atoms with E-state index in [1.165, 1.54) is 7.11 Å². The molecular formula is C19H26N2O4. The lowest BCUT2D eigenvalue weighted by Gasteiger charge is -2.33. The van der Waals surface area contributed by atoms with Crippen molar-refractivity contribution >= 4 is 17.7 Å². The lowest BCUT2D eigenvalue weighted by molar-refractivity contribution is -0.143. The Balaban J connectivity index is 1.60. The number of urea groups is 1. The Kier molecular flexibility index (Phi) is 4.62. The van der Waals surface area contributed by atoms with Crippen LogP contribution in [0.25, 0.3) is 0 Å². The highest BCUT2D eigenvalue weighted by Gasteiger charge is 2.59. The van der Waals surface area contributed by atoms with Crippen LogP contribution in [0.4, 0.5) is 10.5 Å². The van der Waals surface area contributed by atoms with Crippen LogP contribution in [0.1, 0.15) is 30.4 Å². The van der Waals surface area contributed by atoms with Gasteiger partial charge in [-0.25, -0.2) is 4.79 Å². The number of nitrogens with zero attached hydrogens (tertiary/aromatic N) is 1. The molecule has 1 atom stereocenters. The normalized spacial score (nSPS) is 21.0. The number of rotatable bonds is 3. The molecule has 6 heteroatoms. The van der Waals surface area contributed by atoms with Crippen LogP contribution in [0.15, 0.2) is 12.1 Å². The third-order valence-corrected chi connectivity index (χ3v) is 5.77. The summed E-state index contributed by atoms with van der Waals surface area (Å²) in [6, 6.07) is 3.75. The topological polar surface area (TPSA) is 67.9 Å². The number of nitrogens with one attached hydrogen (secondary N) is 1. The molecule has 2 amide bonds. The van der Waals surface area contributed by atoms with E-state index in [9.17, 15) is 9.59 Å². The maximum atomic E-state index is 12.6. The van der Waals surface area contributed by atoms with Gasteiger partial charge in [0.1, 0.15) is 5.75 Å². The van der Waals surface area contributed by atoms with Gasteiger partial charge in [-0.3, -0.25) is 4.79 Å². The first kappa shape index (κ1) is 17.6. The Hall–Kier alpha value is -2.24. The van der Waals surface area contributed by atoms with E-state index < -0.39 is 0 Å². The fraction of sp³-hybridized carbons (Fsp3) is 0.579. The molecule has 2 fully saturated rings. The van der Waals surface area contributed by atoms with E-state index in [-0.39, 0.29) is 23.3 Å². The molecule has 1 unspecified atom stereocenters. The number of hydrogen-bond donors (Lipinski definition) is 1. The summed E-state index contributed by atoms with van der Waals surface area (Å²) in [4.78, 5) is 26.1. The smallest absolute Gasteiger partial charge is 0.321 e. The Morgan fingerprint density at radius 2 is 1.88 bits per heavy atom. The van der Waals surface area contributed by atoms with Gasteiger partial charge in [0.05, 0.1) is 20.1 Å². The van der Waals surface area contributed by atoms with Crippen LogP contribution in [0, 0.1) is 25.2 Å². The molecule has 1 heterocycles. The molecule has 2 aliphatic rings. The SMILES string of the molecule is COC(=O)C1CC12CCN(C(=O)Nc1ccc(C)c(OC)c1C)CC2. The number of ether oxygens (including phenoxy) is 2. The maximum absolute atomic E-state index is 12.6. The second kappa shape index (κ2) is 6.58. The van der Waals surface area contributed by atoms with E-state index in [1.807, 2.05) is 30.9 Å². The summed E-state index contributed by atoms with van der Waals surface area (Å²) < 4.78 is 10.3. The highest BCUT2D eigenvalue weighted by molar-refractivity contribution is 5.91. The molecule has 1 aliphatic carbocycles. The molecule has 6 nitrogen and oxygen atoms in total. The first-order valence-electron chi connectivity index (χ1n) is 8.70. The van der Waals surface area contributed by atoms with Crippen LogP contribution in [0.3, 0.4) is 0 Å². The number of carbonyl (C=O) groups is 2. The van der Waals surface area contributed by atoms with E-state index in [2.05, 4.69) is 5.32 Å². The number of esters is 1. The third-order valence-electron chi connectivity index (χ3n) is 5.77. The summed E-state index contributed by atoms with van der Waals surface area (Å²) in [6.45, 7) is 5.26. The average molecular weight is 346 g/mol. The van der Waals surface area contributed by atoms with Gasteiger partial charge >= 0.3 is 12.0 Å². The van der Waals surface area contributed by atoms with Gasteiger partial charge in [0, 0.05) is 24.3 Å². The summed E-state index contributed by atoms with van der Waals surface area (Å²) >= 11 is 0. The number of methoxy groups -OCH3 is 2. The zero-order chi connectivity index (χ0) is 18.2. The van der Waals surface area contributed by atoms with E-state index in [0.29, 0.717) is 13.1 Å². The largest absolute Gasteiger partial charge is 0.496 e. The van der Waals surface area contributed by atoms with E-state index in [4.69, 9.17) is 9.47 Å². The Labute approximate surface area is 148 Å². The molecule has 1 aromatic rings. The van der Waals surface area contributed by atoms with Crippen LogP contribution < -0.4 is 10.1 Å². The van der Waals surface area contributed by atoms with Crippen molar-refractivity contribution in [1.82, 2.24) is 4.90 Å². The van der Waals surface area contributed by atoms with Crippen LogP contribution in [-0.2, 0) is 9.53 Å². The molecule has 0 aromatic heterocycles. The zero-order valence-electron chi connectivity index (χ0n) is 15.3. The van der Waals surface area contributed by atoms with Gasteiger partial charge in [-0.05, 0) is 50.2 Å². The fourth-order valence-electron chi connectivity index (χ4n) is 4.00. The molecular weight excluding hydrogens is 320 g/mol. The van der Waals surface area contributed by atoms with Crippen LogP contribution in [0.2, 0.25) is 0 Å². The number of amides is 2. The van der Waals surface area contributed by atoms with Crippen molar-refractivity contribution < 1.29 is 19.1 Å². The monoisotopic (exact) mass is 346 g/mol. The maximum Gasteiger partial charge on any atom is 0.321 e. The average Bonchev–Trinajstić information content (AvgIpc) is 3.31. The number of anilines is 1. The Bertz CT molecular complexity index is 693. The molecule has 1 N–H and O–H groups in total. The molecule has 1 spiro atoms. The van der Waals surface area contributed by atoms with Crippen LogP contribution in [0.5, 0.6) is 5.75 Å². The Morgan fingerprint density at radius 3 is 2.48 bits per heavy atom. The summed E-state index contributed by atoms with van der Waals surface area (Å²) in [7, 11) is 3.08. The predicted molar refractivity (Wildman–Crippen MR) is 94.8 cm³/mol. The number of carbonyl (C=O) groups excluding carboxylic acids is 2. The van der Waals surface area contributed by atoms with Gasteiger partial charge in [0.2, 0.25) is 0 Å². The molecule has 1 saturated heterocycles. The third kappa shape index (κ3) is 3.17. The highest BCUT2D eigenvalue weighted by Crippen LogP contribution is 2.59. The minimum Gasteiger partial charge on any atom is -0.496 e. The highest BCUT2D eigenvalue weighted by atomic mass is 16.5. The van der Waals surface area contributed by atoms with E-state index >= 15 is 0 Å². The lowest BCUT2D eigenvalue weighted by Crippen LogP contribution is -2.42. The van der Waals surface area contributed by atoms with E-state index in [0.717, 1.165) is 41.8 Å². The second-order valence-corrected chi connectivity index (χ2v) is 7.15. The standard InChI is InChI=1S/C19H26N2O4/c1-12-5-6-15(13(2)16(12)24-3)20-18(23)21-9-7-19(8-10-21)11-14(19)17(22)25-4/h5-6,14H,7-11H2,1-4H3,(H,20,23). The van der Waals surface area contributed by atoms with Gasteiger partial charge in [-0.2, -0.15) is 0 Å². The quantitative estimate of drug-likeness (QED) is 0.854. The number of aryl methyl sites for hydroxylation is 1. The van der Waals surface area contributed by atoms with Gasteiger partial charge in [0.15, 0.2) is 0 Å². The fourth-order valence-corrected chi connectivity index (χ4v) is 4.00. The van der Waals surface area contributed by atoms with Crippen molar-refractivity contribution in [3.05, 3.63) is 23.3 Å². The second-order valence-electron chi connectivity index (χ2n) is 7.15. The van der Waals surface area contributed by atoms with Gasteiger partial charge in [-0.1, -0.05) is 6.07 Å². The Morgan fingerprint density at radius 1 is 1.20 bits per heavy atom. The minimum absolute atomic E-state index is 0.0197. The number of piperidine rings is 1. The van der Waals surface area contributed by atoms with Crippen LogP contribution >= 0.6 is 0 Å². The molecule has 0 bridgehead atoms. The number of likely N-dealkylation sites (tertiary alicyclic amines) is 1. The summed E-state index contributed by atoms with van der Waals surface area (Å²) in [6.07, 6.45) is 2.61. The van der Waals surface area contributed by atoms with Crippen molar-refractivity contribution in [2.75, 3.05) is 32.6 Å². The molecule has 0 radical (unpaired) electrons. The first-order valence-corrected chi connectivity index (χ1v) is 8.70. The molecule has 3 rings (SSSR count). The lowest BCUT2D eigenvalue weighted by atomic mass is 9.91. The zero-order valence-corrected chi connectivity index (χ0v) is 15.3. The summed E-state index contributed by atoms with van der Waals surface area (Å²) in [5.74, 6) is 0.709. The van der Waals surface area contributed by atoms with Gasteiger partial charge in [0.25, 0.3) is 0 Å². The summed E-state index contributed by atoms with van der Waals surface area (Å²) in [5.41, 5.74) is 2.80. The number of benzene rings is 1. The molecule has 1 aliphatic heterocycles. The number of hydrogen-bond acceptors (Lipinski definition) is 4. The van der Waals surface area contributed by atoms with Crippen LogP contribution in [-0.4, -0.2) is 44.2 Å². The van der Waals surface area contributed by atoms with Crippen molar-refractivity contribution in [2.24, 2.45) is 11.3 Å². The van der Waals surface area contributed by atoms with Crippen molar-refractivity contribution in [2.45, 2.75) is 33.1 Å². The van der Waals surface area contributed by atoms with E-state index in [1.54, 1.807) is 7.11 Å². The molecule has 25 heavy (non-hydrogen) atoms. The van der Waals surface area contributed by atoms with Gasteiger partial charge in [-0.15, -0.1) is 0 Å². The molecule has 136 valence electrons. The van der Waals surface area contributed by atoms with Crippen molar-refractivity contribution in [1.29, 1.82) is 0 Å².